The van der Waals surface area contributed by atoms with E-state index in [0.29, 0.717) is 17.1 Å². The first-order valence-corrected chi connectivity index (χ1v) is 6.27. The summed E-state index contributed by atoms with van der Waals surface area (Å²) in [6.45, 7) is 6.18. The summed E-state index contributed by atoms with van der Waals surface area (Å²) in [4.78, 5) is 19.1. The largest absolute Gasteiger partial charge is 0.352 e. The molecule has 0 unspecified atom stereocenters. The lowest BCUT2D eigenvalue weighted by atomic mass is 9.87. The Hall–Kier alpha value is -2.61. The fraction of sp³-hybridized carbons (Fsp3) is 0.267. The number of H-pyrrole nitrogens is 1. The summed E-state index contributed by atoms with van der Waals surface area (Å²) in [5, 5.41) is 11.5. The van der Waals surface area contributed by atoms with Crippen LogP contribution in [0.4, 0.5) is 5.82 Å². The van der Waals surface area contributed by atoms with E-state index < -0.39 is 0 Å². The summed E-state index contributed by atoms with van der Waals surface area (Å²) in [7, 11) is 0. The number of rotatable bonds is 2. The monoisotopic (exact) mass is 268 g/mol. The van der Waals surface area contributed by atoms with E-state index in [1.807, 2.05) is 18.2 Å². The Labute approximate surface area is 117 Å². The molecule has 2 aromatic rings. The third kappa shape index (κ3) is 2.86. The van der Waals surface area contributed by atoms with Crippen molar-refractivity contribution in [3.63, 3.8) is 0 Å². The molecular formula is C15H16N4O. The Kier molecular flexibility index (Phi) is 3.57. The van der Waals surface area contributed by atoms with Gasteiger partial charge >= 0.3 is 0 Å². The highest BCUT2D eigenvalue weighted by atomic mass is 16.1. The molecule has 5 heteroatoms. The van der Waals surface area contributed by atoms with Crippen molar-refractivity contribution in [2.45, 2.75) is 26.2 Å². The first-order chi connectivity index (χ1) is 9.41. The first-order valence-electron chi connectivity index (χ1n) is 6.27. The van der Waals surface area contributed by atoms with Gasteiger partial charge < -0.3 is 10.3 Å². The SMILES string of the molecule is CC(C)(C)c1cccnc1NC(=O)c1c[nH]c(C#N)c1. The lowest BCUT2D eigenvalue weighted by Crippen LogP contribution is -2.19. The third-order valence-corrected chi connectivity index (χ3v) is 2.91. The Bertz CT molecular complexity index is 674. The summed E-state index contributed by atoms with van der Waals surface area (Å²) in [6.07, 6.45) is 3.15. The van der Waals surface area contributed by atoms with Gasteiger partial charge in [-0.1, -0.05) is 26.8 Å². The molecule has 0 fully saturated rings. The van der Waals surface area contributed by atoms with Crippen LogP contribution >= 0.6 is 0 Å². The lowest BCUT2D eigenvalue weighted by Gasteiger charge is -2.21. The second-order valence-corrected chi connectivity index (χ2v) is 5.52. The Morgan fingerprint density at radius 2 is 2.20 bits per heavy atom. The van der Waals surface area contributed by atoms with Crippen molar-refractivity contribution in [3.05, 3.63) is 47.4 Å². The molecule has 0 aliphatic carbocycles. The Morgan fingerprint density at radius 3 is 2.80 bits per heavy atom. The van der Waals surface area contributed by atoms with Gasteiger partial charge in [-0.2, -0.15) is 5.26 Å². The minimum Gasteiger partial charge on any atom is -0.352 e. The highest BCUT2D eigenvalue weighted by molar-refractivity contribution is 6.04. The standard InChI is InChI=1S/C15H16N4O/c1-15(2,3)12-5-4-6-17-13(12)19-14(20)10-7-11(8-16)18-9-10/h4-7,9,18H,1-3H3,(H,17,19,20). The average Bonchev–Trinajstić information content (AvgIpc) is 2.87. The lowest BCUT2D eigenvalue weighted by molar-refractivity contribution is 0.102. The molecule has 2 aromatic heterocycles. The molecule has 0 radical (unpaired) electrons. The van der Waals surface area contributed by atoms with Crippen LogP contribution in [-0.4, -0.2) is 15.9 Å². The second-order valence-electron chi connectivity index (χ2n) is 5.52. The van der Waals surface area contributed by atoms with Gasteiger partial charge in [-0.15, -0.1) is 0 Å². The first kappa shape index (κ1) is 13.8. The van der Waals surface area contributed by atoms with Gasteiger partial charge in [0.25, 0.3) is 5.91 Å². The molecule has 5 nitrogen and oxygen atoms in total. The zero-order chi connectivity index (χ0) is 14.8. The summed E-state index contributed by atoms with van der Waals surface area (Å²) in [5.41, 5.74) is 1.61. The molecule has 0 aliphatic heterocycles. The molecule has 0 aromatic carbocycles. The van der Waals surface area contributed by atoms with Crippen molar-refractivity contribution in [2.24, 2.45) is 0 Å². The van der Waals surface area contributed by atoms with Crippen molar-refractivity contribution in [2.75, 3.05) is 5.32 Å². The van der Waals surface area contributed by atoms with Crippen molar-refractivity contribution in [3.8, 4) is 6.07 Å². The van der Waals surface area contributed by atoms with Crippen molar-refractivity contribution < 1.29 is 4.79 Å². The average molecular weight is 268 g/mol. The maximum atomic E-state index is 12.1. The van der Waals surface area contributed by atoms with E-state index in [1.54, 1.807) is 6.20 Å². The van der Waals surface area contributed by atoms with E-state index in [4.69, 9.17) is 5.26 Å². The number of carbonyl (C=O) groups is 1. The van der Waals surface area contributed by atoms with Crippen LogP contribution in [0.3, 0.4) is 0 Å². The van der Waals surface area contributed by atoms with Crippen LogP contribution in [0, 0.1) is 11.3 Å². The van der Waals surface area contributed by atoms with E-state index in [2.05, 4.69) is 36.1 Å². The van der Waals surface area contributed by atoms with Crippen LogP contribution in [0.15, 0.2) is 30.6 Å². The van der Waals surface area contributed by atoms with Crippen LogP contribution in [0.5, 0.6) is 0 Å². The van der Waals surface area contributed by atoms with Gasteiger partial charge in [-0.05, 0) is 17.5 Å². The smallest absolute Gasteiger partial charge is 0.258 e. The number of anilines is 1. The van der Waals surface area contributed by atoms with Crippen LogP contribution in [0.2, 0.25) is 0 Å². The molecule has 0 spiro atoms. The van der Waals surface area contributed by atoms with E-state index in [9.17, 15) is 4.79 Å². The molecule has 0 saturated carbocycles. The van der Waals surface area contributed by atoms with Gasteiger partial charge in [-0.3, -0.25) is 4.79 Å². The van der Waals surface area contributed by atoms with E-state index >= 15 is 0 Å². The highest BCUT2D eigenvalue weighted by Crippen LogP contribution is 2.27. The molecule has 2 heterocycles. The van der Waals surface area contributed by atoms with Gasteiger partial charge in [0, 0.05) is 18.0 Å². The van der Waals surface area contributed by atoms with Crippen LogP contribution < -0.4 is 5.32 Å². The summed E-state index contributed by atoms with van der Waals surface area (Å²) < 4.78 is 0. The maximum absolute atomic E-state index is 12.1. The number of pyridine rings is 1. The molecule has 102 valence electrons. The second kappa shape index (κ2) is 5.17. The number of nitriles is 1. The van der Waals surface area contributed by atoms with E-state index in [-0.39, 0.29) is 11.3 Å². The Morgan fingerprint density at radius 1 is 1.45 bits per heavy atom. The zero-order valence-corrected chi connectivity index (χ0v) is 11.7. The molecule has 0 bridgehead atoms. The topological polar surface area (TPSA) is 81.6 Å². The third-order valence-electron chi connectivity index (χ3n) is 2.91. The van der Waals surface area contributed by atoms with E-state index in [1.165, 1.54) is 12.3 Å². The van der Waals surface area contributed by atoms with Crippen molar-refractivity contribution >= 4 is 11.7 Å². The molecule has 0 aliphatic rings. The summed E-state index contributed by atoms with van der Waals surface area (Å²) >= 11 is 0. The summed E-state index contributed by atoms with van der Waals surface area (Å²) in [5.74, 6) is 0.261. The van der Waals surface area contributed by atoms with Gasteiger partial charge in [0.15, 0.2) is 0 Å². The number of nitrogens with zero attached hydrogens (tertiary/aromatic N) is 2. The molecule has 0 saturated heterocycles. The predicted octanol–water partition coefficient (Wildman–Crippen LogP) is 2.83. The van der Waals surface area contributed by atoms with Crippen molar-refractivity contribution in [1.29, 1.82) is 5.26 Å². The van der Waals surface area contributed by atoms with Gasteiger partial charge in [-0.25, -0.2) is 4.98 Å². The maximum Gasteiger partial charge on any atom is 0.258 e. The number of aromatic amines is 1. The highest BCUT2D eigenvalue weighted by Gasteiger charge is 2.20. The number of hydrogen-bond donors (Lipinski definition) is 2. The predicted molar refractivity (Wildman–Crippen MR) is 76.4 cm³/mol. The van der Waals surface area contributed by atoms with Gasteiger partial charge in [0.1, 0.15) is 17.6 Å². The number of carbonyl (C=O) groups excluding carboxylic acids is 1. The van der Waals surface area contributed by atoms with Gasteiger partial charge in [0.05, 0.1) is 5.56 Å². The fourth-order valence-electron chi connectivity index (χ4n) is 1.88. The fourth-order valence-corrected chi connectivity index (χ4v) is 1.88. The van der Waals surface area contributed by atoms with Crippen LogP contribution in [0.25, 0.3) is 0 Å². The molecule has 1 amide bonds. The summed E-state index contributed by atoms with van der Waals surface area (Å²) in [6, 6.07) is 7.25. The minimum atomic E-state index is -0.285. The van der Waals surface area contributed by atoms with Crippen LogP contribution in [0.1, 0.15) is 42.4 Å². The molecule has 0 atom stereocenters. The Balaban J connectivity index is 2.27. The van der Waals surface area contributed by atoms with E-state index in [0.717, 1.165) is 5.56 Å². The zero-order valence-electron chi connectivity index (χ0n) is 11.7. The molecule has 2 rings (SSSR count). The van der Waals surface area contributed by atoms with Crippen molar-refractivity contribution in [1.82, 2.24) is 9.97 Å². The number of aromatic nitrogens is 2. The molecule has 2 N–H and O–H groups in total. The number of amides is 1. The molecular weight excluding hydrogens is 252 g/mol. The molecule has 20 heavy (non-hydrogen) atoms. The van der Waals surface area contributed by atoms with Gasteiger partial charge in [0.2, 0.25) is 0 Å². The van der Waals surface area contributed by atoms with Crippen LogP contribution in [-0.2, 0) is 5.41 Å². The number of nitrogens with one attached hydrogen (secondary N) is 2. The quantitative estimate of drug-likeness (QED) is 0.878. The number of hydrogen-bond acceptors (Lipinski definition) is 3. The minimum absolute atomic E-state index is 0.118. The normalized spacial score (nSPS) is 10.9.